The molecule has 1 N–H and O–H groups in total. The van der Waals surface area contributed by atoms with Crippen molar-refractivity contribution >= 4 is 11.4 Å². The number of anilines is 1. The van der Waals surface area contributed by atoms with Crippen LogP contribution in [0, 0.1) is 17.0 Å². The second kappa shape index (κ2) is 6.14. The standard InChI is InChI=1S/C15H17N3O2/c1-3-12-5-4-6-16-15(12)10-17-13-7-11(2)8-14(9-13)18(19)20/h4-9,17H,3,10H2,1-2H3. The summed E-state index contributed by atoms with van der Waals surface area (Å²) in [5.74, 6) is 0. The van der Waals surface area contributed by atoms with E-state index in [1.165, 1.54) is 5.56 Å². The number of rotatable bonds is 5. The Morgan fingerprint density at radius 1 is 1.35 bits per heavy atom. The van der Waals surface area contributed by atoms with Gasteiger partial charge in [0.25, 0.3) is 5.69 Å². The lowest BCUT2D eigenvalue weighted by molar-refractivity contribution is -0.384. The molecule has 0 amide bonds. The number of nitrogens with one attached hydrogen (secondary N) is 1. The molecule has 20 heavy (non-hydrogen) atoms. The zero-order valence-corrected chi connectivity index (χ0v) is 11.6. The predicted molar refractivity (Wildman–Crippen MR) is 78.8 cm³/mol. The van der Waals surface area contributed by atoms with E-state index in [-0.39, 0.29) is 10.6 Å². The van der Waals surface area contributed by atoms with Gasteiger partial charge >= 0.3 is 0 Å². The molecule has 1 aromatic heterocycles. The fraction of sp³-hybridized carbons (Fsp3) is 0.267. The highest BCUT2D eigenvalue weighted by molar-refractivity contribution is 5.54. The molecule has 5 heteroatoms. The maximum absolute atomic E-state index is 10.8. The van der Waals surface area contributed by atoms with Gasteiger partial charge < -0.3 is 5.32 Å². The summed E-state index contributed by atoms with van der Waals surface area (Å²) in [6.45, 7) is 4.49. The van der Waals surface area contributed by atoms with E-state index in [0.29, 0.717) is 6.54 Å². The number of aryl methyl sites for hydroxylation is 2. The zero-order chi connectivity index (χ0) is 14.5. The second-order valence-corrected chi connectivity index (χ2v) is 4.63. The molecule has 0 saturated heterocycles. The molecule has 5 nitrogen and oxygen atoms in total. The molecule has 0 aliphatic rings. The minimum absolute atomic E-state index is 0.101. The highest BCUT2D eigenvalue weighted by atomic mass is 16.6. The van der Waals surface area contributed by atoms with Gasteiger partial charge in [-0.1, -0.05) is 13.0 Å². The Labute approximate surface area is 117 Å². The molecule has 0 spiro atoms. The minimum Gasteiger partial charge on any atom is -0.379 e. The Hall–Kier alpha value is -2.43. The fourth-order valence-corrected chi connectivity index (χ4v) is 2.11. The van der Waals surface area contributed by atoms with Crippen molar-refractivity contribution in [2.75, 3.05) is 5.32 Å². The molecule has 0 bridgehead atoms. The van der Waals surface area contributed by atoms with Gasteiger partial charge in [-0.3, -0.25) is 15.1 Å². The van der Waals surface area contributed by atoms with Crippen LogP contribution in [0.3, 0.4) is 0 Å². The Bertz CT molecular complexity index is 626. The van der Waals surface area contributed by atoms with Crippen molar-refractivity contribution in [3.63, 3.8) is 0 Å². The first-order valence-electron chi connectivity index (χ1n) is 6.53. The summed E-state index contributed by atoms with van der Waals surface area (Å²) in [4.78, 5) is 14.8. The highest BCUT2D eigenvalue weighted by Gasteiger charge is 2.08. The molecule has 0 unspecified atom stereocenters. The topological polar surface area (TPSA) is 68.1 Å². The average molecular weight is 271 g/mol. The fourth-order valence-electron chi connectivity index (χ4n) is 2.11. The number of nitrogens with zero attached hydrogens (tertiary/aromatic N) is 2. The Kier molecular flexibility index (Phi) is 4.30. The van der Waals surface area contributed by atoms with E-state index in [1.807, 2.05) is 25.1 Å². The van der Waals surface area contributed by atoms with Crippen LogP contribution in [0.1, 0.15) is 23.7 Å². The number of aromatic nitrogens is 1. The van der Waals surface area contributed by atoms with Gasteiger partial charge in [-0.15, -0.1) is 0 Å². The molecule has 1 aromatic carbocycles. The molecule has 104 valence electrons. The average Bonchev–Trinajstić information content (AvgIpc) is 2.44. The zero-order valence-electron chi connectivity index (χ0n) is 11.6. The van der Waals surface area contributed by atoms with Crippen molar-refractivity contribution in [1.82, 2.24) is 4.98 Å². The summed E-state index contributed by atoms with van der Waals surface area (Å²) >= 11 is 0. The monoisotopic (exact) mass is 271 g/mol. The van der Waals surface area contributed by atoms with Gasteiger partial charge in [-0.05, 0) is 36.6 Å². The van der Waals surface area contributed by atoms with Gasteiger partial charge in [-0.25, -0.2) is 0 Å². The molecule has 2 rings (SSSR count). The lowest BCUT2D eigenvalue weighted by Gasteiger charge is -2.10. The van der Waals surface area contributed by atoms with Gasteiger partial charge in [0.15, 0.2) is 0 Å². The van der Waals surface area contributed by atoms with Gasteiger partial charge in [0.1, 0.15) is 0 Å². The van der Waals surface area contributed by atoms with E-state index in [4.69, 9.17) is 0 Å². The number of benzene rings is 1. The van der Waals surface area contributed by atoms with Crippen LogP contribution in [0.15, 0.2) is 36.5 Å². The third kappa shape index (κ3) is 3.32. The number of nitro groups is 1. The van der Waals surface area contributed by atoms with Crippen LogP contribution in [0.5, 0.6) is 0 Å². The molecular weight excluding hydrogens is 254 g/mol. The molecule has 1 heterocycles. The van der Waals surface area contributed by atoms with E-state index >= 15 is 0 Å². The first-order chi connectivity index (χ1) is 9.60. The Balaban J connectivity index is 2.16. The van der Waals surface area contributed by atoms with Gasteiger partial charge in [0.2, 0.25) is 0 Å². The SMILES string of the molecule is CCc1cccnc1CNc1cc(C)cc([N+](=O)[O-])c1. The quantitative estimate of drug-likeness (QED) is 0.667. The van der Waals surface area contributed by atoms with E-state index in [0.717, 1.165) is 23.4 Å². The molecular formula is C15H17N3O2. The third-order valence-corrected chi connectivity index (χ3v) is 3.10. The largest absolute Gasteiger partial charge is 0.379 e. The number of hydrogen-bond acceptors (Lipinski definition) is 4. The summed E-state index contributed by atoms with van der Waals surface area (Å²) in [7, 11) is 0. The van der Waals surface area contributed by atoms with Crippen LogP contribution in [-0.4, -0.2) is 9.91 Å². The van der Waals surface area contributed by atoms with Gasteiger partial charge in [-0.2, -0.15) is 0 Å². The highest BCUT2D eigenvalue weighted by Crippen LogP contribution is 2.21. The normalized spacial score (nSPS) is 10.3. The van der Waals surface area contributed by atoms with Crippen molar-refractivity contribution < 1.29 is 4.92 Å². The van der Waals surface area contributed by atoms with Crippen molar-refractivity contribution in [1.29, 1.82) is 0 Å². The number of hydrogen-bond donors (Lipinski definition) is 1. The van der Waals surface area contributed by atoms with Crippen LogP contribution in [-0.2, 0) is 13.0 Å². The first-order valence-corrected chi connectivity index (χ1v) is 6.53. The second-order valence-electron chi connectivity index (χ2n) is 4.63. The molecule has 0 fully saturated rings. The summed E-state index contributed by atoms with van der Waals surface area (Å²) in [6, 6.07) is 8.95. The molecule has 0 aliphatic carbocycles. The third-order valence-electron chi connectivity index (χ3n) is 3.10. The summed E-state index contributed by atoms with van der Waals surface area (Å²) in [6.07, 6.45) is 2.67. The maximum atomic E-state index is 10.8. The predicted octanol–water partition coefficient (Wildman–Crippen LogP) is 3.47. The van der Waals surface area contributed by atoms with Gasteiger partial charge in [0.05, 0.1) is 17.2 Å². The number of non-ortho nitro benzene ring substituents is 1. The Morgan fingerprint density at radius 2 is 2.15 bits per heavy atom. The van der Waals surface area contributed by atoms with Crippen molar-refractivity contribution in [3.8, 4) is 0 Å². The van der Waals surface area contributed by atoms with Crippen LogP contribution in [0.25, 0.3) is 0 Å². The van der Waals surface area contributed by atoms with Crippen LogP contribution >= 0.6 is 0 Å². The maximum Gasteiger partial charge on any atom is 0.271 e. The van der Waals surface area contributed by atoms with Crippen LogP contribution in [0.4, 0.5) is 11.4 Å². The molecule has 0 atom stereocenters. The number of pyridine rings is 1. The van der Waals surface area contributed by atoms with Gasteiger partial charge in [0, 0.05) is 24.0 Å². The number of nitro benzene ring substituents is 1. The van der Waals surface area contributed by atoms with E-state index in [2.05, 4.69) is 17.2 Å². The van der Waals surface area contributed by atoms with Crippen LogP contribution in [0.2, 0.25) is 0 Å². The minimum atomic E-state index is -0.379. The van der Waals surface area contributed by atoms with Crippen molar-refractivity contribution in [3.05, 3.63) is 63.5 Å². The molecule has 0 radical (unpaired) electrons. The Morgan fingerprint density at radius 3 is 2.85 bits per heavy atom. The smallest absolute Gasteiger partial charge is 0.271 e. The summed E-state index contributed by atoms with van der Waals surface area (Å²) in [5, 5.41) is 14.1. The van der Waals surface area contributed by atoms with E-state index in [1.54, 1.807) is 18.3 Å². The summed E-state index contributed by atoms with van der Waals surface area (Å²) < 4.78 is 0. The van der Waals surface area contributed by atoms with Crippen molar-refractivity contribution in [2.45, 2.75) is 26.8 Å². The van der Waals surface area contributed by atoms with E-state index in [9.17, 15) is 10.1 Å². The molecule has 0 saturated carbocycles. The summed E-state index contributed by atoms with van der Waals surface area (Å²) in [5.41, 5.74) is 3.85. The molecule has 0 aliphatic heterocycles. The molecule has 2 aromatic rings. The lowest BCUT2D eigenvalue weighted by atomic mass is 10.1. The first kappa shape index (κ1) is 14.0. The lowest BCUT2D eigenvalue weighted by Crippen LogP contribution is -2.05. The van der Waals surface area contributed by atoms with Crippen LogP contribution < -0.4 is 5.32 Å². The van der Waals surface area contributed by atoms with E-state index < -0.39 is 0 Å². The van der Waals surface area contributed by atoms with Crippen molar-refractivity contribution in [2.24, 2.45) is 0 Å².